The zero-order valence-corrected chi connectivity index (χ0v) is 19.4. The third-order valence-corrected chi connectivity index (χ3v) is 6.83. The predicted octanol–water partition coefficient (Wildman–Crippen LogP) is 5.95. The first-order valence-corrected chi connectivity index (χ1v) is 12.5. The van der Waals surface area contributed by atoms with Crippen molar-refractivity contribution in [3.8, 4) is 11.5 Å². The van der Waals surface area contributed by atoms with Crippen LogP contribution >= 0.6 is 11.6 Å². The Labute approximate surface area is 198 Å². The number of carbonyl (C=O) groups excluding carboxylic acids is 1. The van der Waals surface area contributed by atoms with Crippen LogP contribution in [0.1, 0.15) is 19.3 Å². The van der Waals surface area contributed by atoms with Crippen LogP contribution in [0.4, 0.5) is 16.2 Å². The van der Waals surface area contributed by atoms with Crippen molar-refractivity contribution < 1.29 is 17.9 Å². The molecule has 0 aromatic heterocycles. The molecule has 9 heteroatoms. The van der Waals surface area contributed by atoms with Crippen LogP contribution in [0, 0.1) is 0 Å². The maximum Gasteiger partial charge on any atom is 0.321 e. The van der Waals surface area contributed by atoms with Gasteiger partial charge in [-0.3, -0.25) is 4.72 Å². The van der Waals surface area contributed by atoms with E-state index in [4.69, 9.17) is 16.3 Å². The molecule has 1 aliphatic heterocycles. The van der Waals surface area contributed by atoms with E-state index in [9.17, 15) is 13.2 Å². The van der Waals surface area contributed by atoms with Gasteiger partial charge in [0.2, 0.25) is 0 Å². The largest absolute Gasteiger partial charge is 0.455 e. The number of likely N-dealkylation sites (tertiary alicyclic amines) is 1. The molecule has 1 fully saturated rings. The van der Waals surface area contributed by atoms with E-state index in [1.165, 1.54) is 18.2 Å². The molecule has 0 radical (unpaired) electrons. The van der Waals surface area contributed by atoms with Crippen LogP contribution in [0.3, 0.4) is 0 Å². The van der Waals surface area contributed by atoms with Crippen molar-refractivity contribution in [3.63, 3.8) is 0 Å². The average Bonchev–Trinajstić information content (AvgIpc) is 2.82. The van der Waals surface area contributed by atoms with Gasteiger partial charge in [0, 0.05) is 23.8 Å². The van der Waals surface area contributed by atoms with Crippen molar-refractivity contribution in [3.05, 3.63) is 77.8 Å². The van der Waals surface area contributed by atoms with E-state index >= 15 is 0 Å². The van der Waals surface area contributed by atoms with Crippen LogP contribution < -0.4 is 14.8 Å². The Morgan fingerprint density at radius 2 is 1.61 bits per heavy atom. The number of ether oxygens (including phenoxy) is 1. The first-order valence-electron chi connectivity index (χ1n) is 10.6. The van der Waals surface area contributed by atoms with Crippen molar-refractivity contribution in [1.82, 2.24) is 4.90 Å². The highest BCUT2D eigenvalue weighted by molar-refractivity contribution is 7.92. The quantitative estimate of drug-likeness (QED) is 0.451. The van der Waals surface area contributed by atoms with Gasteiger partial charge < -0.3 is 15.0 Å². The molecule has 1 heterocycles. The summed E-state index contributed by atoms with van der Waals surface area (Å²) in [5.41, 5.74) is 0.745. The van der Waals surface area contributed by atoms with Gasteiger partial charge in [-0.25, -0.2) is 13.2 Å². The number of para-hydroxylation sites is 1. The van der Waals surface area contributed by atoms with E-state index in [1.807, 2.05) is 18.2 Å². The second-order valence-corrected chi connectivity index (χ2v) is 9.78. The minimum Gasteiger partial charge on any atom is -0.455 e. The number of halogens is 1. The first kappa shape index (κ1) is 22.9. The molecule has 3 aromatic rings. The van der Waals surface area contributed by atoms with Crippen LogP contribution in [-0.2, 0) is 10.0 Å². The number of amides is 2. The smallest absolute Gasteiger partial charge is 0.321 e. The van der Waals surface area contributed by atoms with Gasteiger partial charge in [-0.2, -0.15) is 0 Å². The summed E-state index contributed by atoms with van der Waals surface area (Å²) >= 11 is 6.09. The molecule has 0 atom stereocenters. The maximum absolute atomic E-state index is 13.0. The number of hydrogen-bond acceptors (Lipinski definition) is 4. The summed E-state index contributed by atoms with van der Waals surface area (Å²) in [7, 11) is -3.92. The highest BCUT2D eigenvalue weighted by Gasteiger charge is 2.19. The van der Waals surface area contributed by atoms with Gasteiger partial charge in [0.05, 0.1) is 10.6 Å². The summed E-state index contributed by atoms with van der Waals surface area (Å²) in [6.07, 6.45) is 3.12. The second kappa shape index (κ2) is 10.1. The average molecular weight is 486 g/mol. The zero-order valence-electron chi connectivity index (χ0n) is 17.8. The lowest BCUT2D eigenvalue weighted by Gasteiger charge is -2.26. The van der Waals surface area contributed by atoms with E-state index in [1.54, 1.807) is 41.3 Å². The maximum atomic E-state index is 13.0. The Kier molecular flexibility index (Phi) is 7.05. The first-order chi connectivity index (χ1) is 15.9. The van der Waals surface area contributed by atoms with Gasteiger partial charge >= 0.3 is 6.03 Å². The monoisotopic (exact) mass is 485 g/mol. The molecule has 2 amide bonds. The lowest BCUT2D eigenvalue weighted by atomic mass is 10.1. The van der Waals surface area contributed by atoms with Crippen molar-refractivity contribution in [2.75, 3.05) is 23.1 Å². The molecule has 1 saturated heterocycles. The molecule has 33 heavy (non-hydrogen) atoms. The van der Waals surface area contributed by atoms with Crippen molar-refractivity contribution in [2.24, 2.45) is 0 Å². The van der Waals surface area contributed by atoms with Gasteiger partial charge in [-0.1, -0.05) is 29.8 Å². The van der Waals surface area contributed by atoms with E-state index < -0.39 is 10.0 Å². The molecule has 1 aliphatic rings. The Hall–Kier alpha value is -3.23. The van der Waals surface area contributed by atoms with E-state index in [0.717, 1.165) is 32.4 Å². The molecular weight excluding hydrogens is 462 g/mol. The standard InChI is InChI=1S/C24H24ClN3O4S/c25-18-9-14-23(32-20-7-3-1-4-8-20)22(17-18)27-33(30,31)21-12-10-19(11-13-21)26-24(29)28-15-5-2-6-16-28/h1,3-4,7-14,17,27H,2,5-6,15-16H2,(H,26,29). The molecule has 0 aliphatic carbocycles. The highest BCUT2D eigenvalue weighted by atomic mass is 35.5. The molecule has 4 rings (SSSR count). The Bertz CT molecular complexity index is 1210. The third-order valence-electron chi connectivity index (χ3n) is 5.22. The lowest BCUT2D eigenvalue weighted by molar-refractivity contribution is 0.200. The fourth-order valence-corrected chi connectivity index (χ4v) is 4.74. The molecule has 172 valence electrons. The number of nitrogens with zero attached hydrogens (tertiary/aromatic N) is 1. The zero-order chi connectivity index (χ0) is 23.3. The number of piperidine rings is 1. The SMILES string of the molecule is O=C(Nc1ccc(S(=O)(=O)Nc2cc(Cl)ccc2Oc2ccccc2)cc1)N1CCCCC1. The van der Waals surface area contributed by atoms with Crippen molar-refractivity contribution in [2.45, 2.75) is 24.2 Å². The third kappa shape index (κ3) is 5.97. The fraction of sp³-hybridized carbons (Fsp3) is 0.208. The van der Waals surface area contributed by atoms with Gasteiger partial charge in [0.25, 0.3) is 10.0 Å². The van der Waals surface area contributed by atoms with Gasteiger partial charge in [0.1, 0.15) is 5.75 Å². The van der Waals surface area contributed by atoms with E-state index in [2.05, 4.69) is 10.0 Å². The molecule has 3 aromatic carbocycles. The molecular formula is C24H24ClN3O4S. The van der Waals surface area contributed by atoms with Crippen LogP contribution in [-0.4, -0.2) is 32.4 Å². The predicted molar refractivity (Wildman–Crippen MR) is 130 cm³/mol. The molecule has 0 unspecified atom stereocenters. The number of hydrogen-bond donors (Lipinski definition) is 2. The summed E-state index contributed by atoms with van der Waals surface area (Å²) in [6, 6.07) is 19.6. The van der Waals surface area contributed by atoms with Crippen molar-refractivity contribution >= 4 is 39.0 Å². The summed E-state index contributed by atoms with van der Waals surface area (Å²) < 4.78 is 34.4. The number of rotatable bonds is 6. The highest BCUT2D eigenvalue weighted by Crippen LogP contribution is 2.33. The number of sulfonamides is 1. The fourth-order valence-electron chi connectivity index (χ4n) is 3.51. The molecule has 0 bridgehead atoms. The molecule has 0 spiro atoms. The normalized spacial score (nSPS) is 13.9. The Balaban J connectivity index is 1.48. The van der Waals surface area contributed by atoms with Gasteiger partial charge in [0.15, 0.2) is 5.75 Å². The van der Waals surface area contributed by atoms with Crippen LogP contribution in [0.2, 0.25) is 5.02 Å². The van der Waals surface area contributed by atoms with Crippen LogP contribution in [0.25, 0.3) is 0 Å². The van der Waals surface area contributed by atoms with Gasteiger partial charge in [-0.05, 0) is 73.9 Å². The summed E-state index contributed by atoms with van der Waals surface area (Å²) in [5.74, 6) is 0.883. The van der Waals surface area contributed by atoms with E-state index in [0.29, 0.717) is 22.2 Å². The number of urea groups is 1. The number of anilines is 2. The topological polar surface area (TPSA) is 87.7 Å². The second-order valence-electron chi connectivity index (χ2n) is 7.66. The van der Waals surface area contributed by atoms with Gasteiger partial charge in [-0.15, -0.1) is 0 Å². The molecule has 7 nitrogen and oxygen atoms in total. The van der Waals surface area contributed by atoms with Crippen molar-refractivity contribution in [1.29, 1.82) is 0 Å². The van der Waals surface area contributed by atoms with E-state index in [-0.39, 0.29) is 16.6 Å². The number of nitrogens with one attached hydrogen (secondary N) is 2. The number of carbonyl (C=O) groups is 1. The Morgan fingerprint density at radius 3 is 2.30 bits per heavy atom. The summed E-state index contributed by atoms with van der Waals surface area (Å²) in [5, 5.41) is 3.18. The van der Waals surface area contributed by atoms with Crippen LogP contribution in [0.5, 0.6) is 11.5 Å². The molecule has 0 saturated carbocycles. The minimum absolute atomic E-state index is 0.0455. The minimum atomic E-state index is -3.92. The summed E-state index contributed by atoms with van der Waals surface area (Å²) in [4.78, 5) is 14.2. The lowest BCUT2D eigenvalue weighted by Crippen LogP contribution is -2.38. The van der Waals surface area contributed by atoms with Crippen LogP contribution in [0.15, 0.2) is 77.7 Å². The Morgan fingerprint density at radius 1 is 0.909 bits per heavy atom. The molecule has 2 N–H and O–H groups in total. The number of benzene rings is 3. The summed E-state index contributed by atoms with van der Waals surface area (Å²) in [6.45, 7) is 1.46.